The maximum Gasteiger partial charge on any atom is 0.289 e. The highest BCUT2D eigenvalue weighted by molar-refractivity contribution is 7.89. The first-order valence-corrected chi connectivity index (χ1v) is 12.1. The van der Waals surface area contributed by atoms with Crippen LogP contribution in [0.1, 0.15) is 19.3 Å². The van der Waals surface area contributed by atoms with E-state index in [4.69, 9.17) is 15.2 Å². The van der Waals surface area contributed by atoms with Crippen molar-refractivity contribution in [2.45, 2.75) is 30.2 Å². The third-order valence-electron chi connectivity index (χ3n) is 5.25. The maximum absolute atomic E-state index is 14.4. The Morgan fingerprint density at radius 3 is 2.55 bits per heavy atom. The number of sulfonamides is 1. The van der Waals surface area contributed by atoms with E-state index >= 15 is 0 Å². The summed E-state index contributed by atoms with van der Waals surface area (Å²) in [5.74, 6) is -1.97. The molecular formula is C22H28FN3O6S. The smallest absolute Gasteiger partial charge is 0.289 e. The topological polar surface area (TPSA) is 122 Å². The van der Waals surface area contributed by atoms with Gasteiger partial charge >= 0.3 is 0 Å². The molecule has 3 N–H and O–H groups in total. The number of hydrogen-bond acceptors (Lipinski definition) is 8. The fourth-order valence-corrected chi connectivity index (χ4v) is 4.41. The van der Waals surface area contributed by atoms with Gasteiger partial charge in [-0.2, -0.15) is 8.42 Å². The third-order valence-corrected chi connectivity index (χ3v) is 6.73. The van der Waals surface area contributed by atoms with Gasteiger partial charge in [0.05, 0.1) is 24.2 Å². The van der Waals surface area contributed by atoms with Crippen LogP contribution in [-0.2, 0) is 19.6 Å². The van der Waals surface area contributed by atoms with E-state index in [1.165, 1.54) is 0 Å². The summed E-state index contributed by atoms with van der Waals surface area (Å²) >= 11 is 0. The lowest BCUT2D eigenvalue weighted by atomic mass is 10.1. The highest BCUT2D eigenvalue weighted by atomic mass is 32.2. The fraction of sp³-hybridized carbons (Fsp3) is 0.409. The summed E-state index contributed by atoms with van der Waals surface area (Å²) in [6.45, 7) is 3.89. The average molecular weight is 482 g/mol. The van der Waals surface area contributed by atoms with Crippen LogP contribution in [0.3, 0.4) is 0 Å². The van der Waals surface area contributed by atoms with Gasteiger partial charge in [0.1, 0.15) is 5.75 Å². The van der Waals surface area contributed by atoms with Gasteiger partial charge in [-0.05, 0) is 49.7 Å². The summed E-state index contributed by atoms with van der Waals surface area (Å²) in [7, 11) is -4.70. The predicted molar refractivity (Wildman–Crippen MR) is 118 cm³/mol. The number of halogens is 1. The Balaban J connectivity index is 1.56. The molecule has 1 saturated heterocycles. The van der Waals surface area contributed by atoms with E-state index in [1.807, 2.05) is 0 Å². The largest absolute Gasteiger partial charge is 0.454 e. The molecule has 0 aliphatic carbocycles. The third kappa shape index (κ3) is 6.71. The van der Waals surface area contributed by atoms with Crippen molar-refractivity contribution < 1.29 is 32.3 Å². The Labute approximate surface area is 192 Å². The molecule has 9 nitrogen and oxygen atoms in total. The van der Waals surface area contributed by atoms with Gasteiger partial charge in [-0.1, -0.05) is 24.6 Å². The molecule has 1 fully saturated rings. The summed E-state index contributed by atoms with van der Waals surface area (Å²) in [6.07, 6.45) is 1.56. The molecule has 1 aliphatic rings. The molecule has 3 rings (SSSR count). The van der Waals surface area contributed by atoms with E-state index in [1.54, 1.807) is 30.3 Å². The lowest BCUT2D eigenvalue weighted by Crippen LogP contribution is -2.45. The summed E-state index contributed by atoms with van der Waals surface area (Å²) < 4.78 is 49.9. The average Bonchev–Trinajstić information content (AvgIpc) is 2.83. The molecule has 0 unspecified atom stereocenters. The van der Waals surface area contributed by atoms with Gasteiger partial charge in [0.15, 0.2) is 11.6 Å². The van der Waals surface area contributed by atoms with E-state index < -0.39 is 37.2 Å². The highest BCUT2D eigenvalue weighted by Crippen LogP contribution is 2.27. The number of hydrogen-bond donors (Lipinski definition) is 2. The quantitative estimate of drug-likeness (QED) is 0.301. The van der Waals surface area contributed by atoms with Crippen LogP contribution in [0.15, 0.2) is 53.4 Å². The van der Waals surface area contributed by atoms with Gasteiger partial charge < -0.3 is 15.2 Å². The van der Waals surface area contributed by atoms with Crippen LogP contribution in [0.2, 0.25) is 0 Å². The van der Waals surface area contributed by atoms with Crippen molar-refractivity contribution in [3.63, 3.8) is 0 Å². The van der Waals surface area contributed by atoms with E-state index in [9.17, 15) is 22.8 Å². The lowest BCUT2D eigenvalue weighted by Gasteiger charge is -2.26. The number of benzene rings is 2. The van der Waals surface area contributed by atoms with Crippen LogP contribution in [0.4, 0.5) is 4.39 Å². The molecular weight excluding hydrogens is 453 g/mol. The molecule has 0 aromatic heterocycles. The van der Waals surface area contributed by atoms with E-state index in [-0.39, 0.29) is 12.2 Å². The summed E-state index contributed by atoms with van der Waals surface area (Å²) in [4.78, 5) is 14.0. The molecule has 33 heavy (non-hydrogen) atoms. The minimum atomic E-state index is -4.70. The second kappa shape index (κ2) is 11.5. The zero-order valence-electron chi connectivity index (χ0n) is 18.1. The first kappa shape index (κ1) is 25.1. The minimum Gasteiger partial charge on any atom is -0.454 e. The Kier molecular flexibility index (Phi) is 8.75. The van der Waals surface area contributed by atoms with Crippen molar-refractivity contribution in [2.24, 2.45) is 5.73 Å². The van der Waals surface area contributed by atoms with E-state index in [0.29, 0.717) is 31.5 Å². The number of nitrogens with zero attached hydrogens (tertiary/aromatic N) is 2. The number of unbranched alkanes of at least 4 members (excludes halogenated alkanes) is 1. The Morgan fingerprint density at radius 2 is 1.88 bits per heavy atom. The van der Waals surface area contributed by atoms with Crippen LogP contribution in [0, 0.1) is 5.82 Å². The second-order valence-corrected chi connectivity index (χ2v) is 9.42. The number of morpholine rings is 1. The van der Waals surface area contributed by atoms with Gasteiger partial charge in [0.25, 0.3) is 15.9 Å². The Morgan fingerprint density at radius 1 is 1.18 bits per heavy atom. The molecule has 11 heteroatoms. The molecule has 1 atom stereocenters. The normalized spacial score (nSPS) is 15.7. The zero-order valence-corrected chi connectivity index (χ0v) is 18.9. The zero-order chi connectivity index (χ0) is 23.8. The molecule has 0 radical (unpaired) electrons. The van der Waals surface area contributed by atoms with Gasteiger partial charge in [0.2, 0.25) is 0 Å². The van der Waals surface area contributed by atoms with Gasteiger partial charge in [-0.15, -0.1) is 4.47 Å². The van der Waals surface area contributed by atoms with Crippen LogP contribution in [0.5, 0.6) is 11.5 Å². The molecule has 2 aromatic rings. The molecule has 0 saturated carbocycles. The highest BCUT2D eigenvalue weighted by Gasteiger charge is 2.32. The van der Waals surface area contributed by atoms with Crippen molar-refractivity contribution in [3.05, 3.63) is 54.3 Å². The number of carbonyl (C=O) groups excluding carboxylic acids is 1. The van der Waals surface area contributed by atoms with Crippen molar-refractivity contribution in [1.29, 1.82) is 0 Å². The number of ether oxygens (including phenoxy) is 2. The first-order valence-electron chi connectivity index (χ1n) is 10.7. The number of carbonyl (C=O) groups is 1. The lowest BCUT2D eigenvalue weighted by molar-refractivity contribution is -0.147. The molecule has 0 bridgehead atoms. The Hall–Kier alpha value is -2.57. The number of rotatable bonds is 10. The SMILES string of the molecule is N[C@H](CCCCN1CCOCC1)C(=O)N(O)S(=O)(=O)c1ccc(Oc2ccccc2)c(F)c1. The van der Waals surface area contributed by atoms with Crippen LogP contribution >= 0.6 is 0 Å². The van der Waals surface area contributed by atoms with Crippen molar-refractivity contribution >= 4 is 15.9 Å². The first-order chi connectivity index (χ1) is 15.8. The number of para-hydroxylation sites is 1. The maximum atomic E-state index is 14.4. The van der Waals surface area contributed by atoms with Gasteiger partial charge in [-0.3, -0.25) is 14.9 Å². The van der Waals surface area contributed by atoms with Gasteiger partial charge in [-0.25, -0.2) is 4.39 Å². The van der Waals surface area contributed by atoms with Crippen molar-refractivity contribution in [2.75, 3.05) is 32.8 Å². The van der Waals surface area contributed by atoms with Gasteiger partial charge in [0, 0.05) is 13.1 Å². The monoisotopic (exact) mass is 481 g/mol. The minimum absolute atomic E-state index is 0.201. The molecule has 2 aromatic carbocycles. The summed E-state index contributed by atoms with van der Waals surface area (Å²) in [6, 6.07) is 10.0. The predicted octanol–water partition coefficient (Wildman–Crippen LogP) is 2.35. The van der Waals surface area contributed by atoms with E-state index in [0.717, 1.165) is 38.2 Å². The van der Waals surface area contributed by atoms with Crippen LogP contribution in [0.25, 0.3) is 0 Å². The summed E-state index contributed by atoms with van der Waals surface area (Å²) in [5, 5.41) is 10.1. The molecule has 1 heterocycles. The number of amides is 1. The molecule has 1 aliphatic heterocycles. The molecule has 1 amide bonds. The number of hydroxylamine groups is 1. The van der Waals surface area contributed by atoms with Crippen LogP contribution < -0.4 is 10.5 Å². The summed E-state index contributed by atoms with van der Waals surface area (Å²) in [5.41, 5.74) is 5.81. The van der Waals surface area contributed by atoms with Crippen molar-refractivity contribution in [3.8, 4) is 11.5 Å². The Bertz CT molecular complexity index is 1030. The van der Waals surface area contributed by atoms with Crippen molar-refractivity contribution in [1.82, 2.24) is 9.37 Å². The fourth-order valence-electron chi connectivity index (χ4n) is 3.35. The van der Waals surface area contributed by atoms with Crippen LogP contribution in [-0.4, -0.2) is 67.8 Å². The molecule has 180 valence electrons. The molecule has 0 spiro atoms. The standard InChI is InChI=1S/C22H28FN3O6S/c23-19-16-18(9-10-21(19)32-17-6-2-1-3-7-17)33(29,30)26(28)22(27)20(24)8-4-5-11-25-12-14-31-15-13-25/h1-3,6-7,9-10,16,20,28H,4-5,8,11-15,24H2/t20-/m1/s1. The number of nitrogens with two attached hydrogens (primary N) is 1. The van der Waals surface area contributed by atoms with E-state index in [2.05, 4.69) is 4.90 Å². The second-order valence-electron chi connectivity index (χ2n) is 7.65.